The van der Waals surface area contributed by atoms with Gasteiger partial charge in [-0.25, -0.2) is 4.79 Å². The highest BCUT2D eigenvalue weighted by Crippen LogP contribution is 2.17. The molecule has 1 aromatic rings. The van der Waals surface area contributed by atoms with Crippen LogP contribution in [0.2, 0.25) is 0 Å². The maximum Gasteiger partial charge on any atom is 0.335 e. The molecule has 0 aliphatic heterocycles. The molecule has 0 radical (unpaired) electrons. The molecule has 0 unspecified atom stereocenters. The zero-order chi connectivity index (χ0) is 10.9. The fourth-order valence-electron chi connectivity index (χ4n) is 0.969. The monoisotopic (exact) mass is 194 g/mol. The molecule has 0 aromatic carbocycles. The first-order valence-electron chi connectivity index (χ1n) is 4.30. The number of hydrogen-bond donors (Lipinski definition) is 1. The predicted octanol–water partition coefficient (Wildman–Crippen LogP) is 1.74. The van der Waals surface area contributed by atoms with Crippen molar-refractivity contribution in [2.75, 3.05) is 0 Å². The van der Waals surface area contributed by atoms with Gasteiger partial charge in [-0.2, -0.15) is 5.10 Å². The third-order valence-corrected chi connectivity index (χ3v) is 1.88. The number of carbonyl (C=O) groups is 1. The van der Waals surface area contributed by atoms with Crippen LogP contribution in [0.5, 0.6) is 0 Å². The molecule has 1 heterocycles. The zero-order valence-electron chi connectivity index (χ0n) is 8.61. The summed E-state index contributed by atoms with van der Waals surface area (Å²) in [5.41, 5.74) is 0.477. The molecule has 0 aliphatic rings. The van der Waals surface area contributed by atoms with Crippen LogP contribution in [-0.4, -0.2) is 20.9 Å². The number of carboxylic acids is 1. The van der Waals surface area contributed by atoms with Gasteiger partial charge in [0, 0.05) is 11.8 Å². The standard InChI is InChI=1S/C10H14N2O2/c1-7(9(13)14)8-5-11-12(6-8)10(2,3)4/h5-6H,1H2,2-4H3,(H,13,14). The summed E-state index contributed by atoms with van der Waals surface area (Å²) in [5.74, 6) is -1.02. The highest BCUT2D eigenvalue weighted by molar-refractivity contribution is 6.14. The molecule has 4 heteroatoms. The molecule has 1 aromatic heterocycles. The van der Waals surface area contributed by atoms with Crippen LogP contribution in [0.25, 0.3) is 5.57 Å². The summed E-state index contributed by atoms with van der Waals surface area (Å²) in [6.45, 7) is 9.45. The molecule has 14 heavy (non-hydrogen) atoms. The number of nitrogens with zero attached hydrogens (tertiary/aromatic N) is 2. The number of aliphatic carboxylic acids is 1. The first-order chi connectivity index (χ1) is 6.32. The average molecular weight is 194 g/mol. The van der Waals surface area contributed by atoms with E-state index in [0.717, 1.165) is 0 Å². The molecule has 0 bridgehead atoms. The molecule has 1 rings (SSSR count). The quantitative estimate of drug-likeness (QED) is 0.729. The predicted molar refractivity (Wildman–Crippen MR) is 53.9 cm³/mol. The van der Waals surface area contributed by atoms with Crippen LogP contribution in [0.15, 0.2) is 19.0 Å². The first kappa shape index (κ1) is 10.5. The molecule has 0 spiro atoms. The molecule has 0 atom stereocenters. The molecule has 0 fully saturated rings. The summed E-state index contributed by atoms with van der Waals surface area (Å²) in [7, 11) is 0. The molecular formula is C10H14N2O2. The van der Waals surface area contributed by atoms with E-state index >= 15 is 0 Å². The van der Waals surface area contributed by atoms with Crippen molar-refractivity contribution >= 4 is 11.5 Å². The maximum atomic E-state index is 10.6. The highest BCUT2D eigenvalue weighted by atomic mass is 16.4. The van der Waals surface area contributed by atoms with Gasteiger partial charge in [0.15, 0.2) is 0 Å². The maximum absolute atomic E-state index is 10.6. The Labute approximate surface area is 82.9 Å². The molecule has 1 N–H and O–H groups in total. The second-order valence-corrected chi connectivity index (χ2v) is 4.13. The smallest absolute Gasteiger partial charge is 0.335 e. The van der Waals surface area contributed by atoms with Gasteiger partial charge in [-0.1, -0.05) is 6.58 Å². The summed E-state index contributed by atoms with van der Waals surface area (Å²) in [6, 6.07) is 0. The van der Waals surface area contributed by atoms with Crippen LogP contribution in [0.1, 0.15) is 26.3 Å². The van der Waals surface area contributed by atoms with Gasteiger partial charge in [-0.15, -0.1) is 0 Å². The van der Waals surface area contributed by atoms with Crippen molar-refractivity contribution in [3.8, 4) is 0 Å². The fourth-order valence-corrected chi connectivity index (χ4v) is 0.969. The molecule has 76 valence electrons. The summed E-state index contributed by atoms with van der Waals surface area (Å²) >= 11 is 0. The summed E-state index contributed by atoms with van der Waals surface area (Å²) in [4.78, 5) is 10.6. The lowest BCUT2D eigenvalue weighted by atomic mass is 10.1. The SMILES string of the molecule is C=C(C(=O)O)c1cnn(C(C)(C)C)c1. The van der Waals surface area contributed by atoms with Gasteiger partial charge in [0.2, 0.25) is 0 Å². The molecule has 4 nitrogen and oxygen atoms in total. The van der Waals surface area contributed by atoms with E-state index in [2.05, 4.69) is 11.7 Å². The van der Waals surface area contributed by atoms with Gasteiger partial charge in [-0.3, -0.25) is 4.68 Å². The van der Waals surface area contributed by atoms with Crippen LogP contribution in [0, 0.1) is 0 Å². The van der Waals surface area contributed by atoms with Gasteiger partial charge >= 0.3 is 5.97 Å². The van der Waals surface area contributed by atoms with Gasteiger partial charge < -0.3 is 5.11 Å². The third-order valence-electron chi connectivity index (χ3n) is 1.88. The van der Waals surface area contributed by atoms with Crippen LogP contribution in [0.4, 0.5) is 0 Å². The minimum Gasteiger partial charge on any atom is -0.478 e. The zero-order valence-corrected chi connectivity index (χ0v) is 8.61. The Kier molecular flexibility index (Phi) is 2.47. The minimum atomic E-state index is -1.02. The van der Waals surface area contributed by atoms with E-state index in [-0.39, 0.29) is 11.1 Å². The Balaban J connectivity index is 3.00. The Hall–Kier alpha value is -1.58. The Morgan fingerprint density at radius 3 is 2.50 bits per heavy atom. The summed E-state index contributed by atoms with van der Waals surface area (Å²) in [5, 5.41) is 12.8. The van der Waals surface area contributed by atoms with Crippen LogP contribution in [0.3, 0.4) is 0 Å². The Morgan fingerprint density at radius 1 is 1.57 bits per heavy atom. The van der Waals surface area contributed by atoms with E-state index in [0.29, 0.717) is 5.56 Å². The van der Waals surface area contributed by atoms with Crippen molar-refractivity contribution in [1.82, 2.24) is 9.78 Å². The third kappa shape index (κ3) is 2.02. The second kappa shape index (κ2) is 3.29. The molecule has 0 saturated carbocycles. The van der Waals surface area contributed by atoms with E-state index in [1.54, 1.807) is 10.9 Å². The van der Waals surface area contributed by atoms with Crippen LogP contribution < -0.4 is 0 Å². The van der Waals surface area contributed by atoms with Crippen molar-refractivity contribution in [2.45, 2.75) is 26.3 Å². The van der Waals surface area contributed by atoms with Crippen molar-refractivity contribution in [2.24, 2.45) is 0 Å². The van der Waals surface area contributed by atoms with Crippen LogP contribution >= 0.6 is 0 Å². The van der Waals surface area contributed by atoms with Crippen molar-refractivity contribution in [3.63, 3.8) is 0 Å². The van der Waals surface area contributed by atoms with E-state index in [4.69, 9.17) is 5.11 Å². The van der Waals surface area contributed by atoms with Gasteiger partial charge in [0.05, 0.1) is 17.3 Å². The van der Waals surface area contributed by atoms with Crippen LogP contribution in [-0.2, 0) is 10.3 Å². The normalized spacial score (nSPS) is 11.4. The summed E-state index contributed by atoms with van der Waals surface area (Å²) < 4.78 is 1.72. The number of hydrogen-bond acceptors (Lipinski definition) is 2. The fraction of sp³-hybridized carbons (Fsp3) is 0.400. The molecule has 0 aliphatic carbocycles. The van der Waals surface area contributed by atoms with Gasteiger partial charge in [0.25, 0.3) is 0 Å². The second-order valence-electron chi connectivity index (χ2n) is 4.13. The van der Waals surface area contributed by atoms with Gasteiger partial charge in [0.1, 0.15) is 0 Å². The van der Waals surface area contributed by atoms with Crippen molar-refractivity contribution in [3.05, 3.63) is 24.5 Å². The number of rotatable bonds is 2. The van der Waals surface area contributed by atoms with E-state index in [9.17, 15) is 4.79 Å². The number of aromatic nitrogens is 2. The Bertz CT molecular complexity index is 372. The van der Waals surface area contributed by atoms with Crippen molar-refractivity contribution in [1.29, 1.82) is 0 Å². The molecular weight excluding hydrogens is 180 g/mol. The number of carboxylic acid groups (broad SMARTS) is 1. The van der Waals surface area contributed by atoms with Gasteiger partial charge in [-0.05, 0) is 20.8 Å². The minimum absolute atomic E-state index is 0.0699. The van der Waals surface area contributed by atoms with Crippen molar-refractivity contribution < 1.29 is 9.90 Å². The lowest BCUT2D eigenvalue weighted by Crippen LogP contribution is -2.21. The summed E-state index contributed by atoms with van der Waals surface area (Å²) in [6.07, 6.45) is 3.21. The first-order valence-corrected chi connectivity index (χ1v) is 4.30. The Morgan fingerprint density at radius 2 is 2.14 bits per heavy atom. The molecule has 0 amide bonds. The highest BCUT2D eigenvalue weighted by Gasteiger charge is 2.16. The largest absolute Gasteiger partial charge is 0.478 e. The lowest BCUT2D eigenvalue weighted by Gasteiger charge is -2.18. The lowest BCUT2D eigenvalue weighted by molar-refractivity contribution is -0.130. The van der Waals surface area contributed by atoms with E-state index in [1.807, 2.05) is 20.8 Å². The average Bonchev–Trinajstić information content (AvgIpc) is 2.49. The molecule has 0 saturated heterocycles. The van der Waals surface area contributed by atoms with E-state index < -0.39 is 5.97 Å². The topological polar surface area (TPSA) is 55.1 Å². The van der Waals surface area contributed by atoms with E-state index in [1.165, 1.54) is 6.20 Å².